The topological polar surface area (TPSA) is 118 Å². The number of H-pyrrole nitrogens is 1. The number of carbonyl (C=O) groups excluding carboxylic acids is 1. The third-order valence-corrected chi connectivity index (χ3v) is 6.26. The summed E-state index contributed by atoms with van der Waals surface area (Å²) < 4.78 is 24.5. The Hall–Kier alpha value is -3.56. The van der Waals surface area contributed by atoms with Crippen LogP contribution in [-0.4, -0.2) is 34.5 Å². The summed E-state index contributed by atoms with van der Waals surface area (Å²) in [6.07, 6.45) is 2.87. The molecule has 0 aliphatic rings. The molecule has 1 amide bonds. The molecule has 4 aromatic rings. The van der Waals surface area contributed by atoms with Crippen LogP contribution in [0.1, 0.15) is 15.9 Å². The Morgan fingerprint density at radius 2 is 1.87 bits per heavy atom. The fourth-order valence-corrected chi connectivity index (χ4v) is 4.30. The Kier molecular flexibility index (Phi) is 5.79. The zero-order valence-corrected chi connectivity index (χ0v) is 17.6. The average molecular weight is 454 g/mol. The van der Waals surface area contributed by atoms with E-state index in [2.05, 4.69) is 25.5 Å². The molecule has 0 aliphatic carbocycles. The Morgan fingerprint density at radius 1 is 1.06 bits per heavy atom. The number of nitrogens with zero attached hydrogens (tertiary/aromatic N) is 3. The smallest absolute Gasteiger partial charge is 0.255 e. The molecule has 2 N–H and O–H groups in total. The monoisotopic (exact) mass is 453 g/mol. The van der Waals surface area contributed by atoms with Gasteiger partial charge in [0, 0.05) is 23.0 Å². The number of amides is 1. The number of rotatable bonds is 6. The van der Waals surface area contributed by atoms with Crippen molar-refractivity contribution in [3.8, 4) is 11.3 Å². The van der Waals surface area contributed by atoms with Crippen LogP contribution in [0, 0.1) is 0 Å². The van der Waals surface area contributed by atoms with E-state index in [-0.39, 0.29) is 16.8 Å². The van der Waals surface area contributed by atoms with Gasteiger partial charge < -0.3 is 10.3 Å². The number of pyridine rings is 1. The molecule has 0 saturated heterocycles. The molecule has 0 saturated carbocycles. The van der Waals surface area contributed by atoms with Gasteiger partial charge in [-0.1, -0.05) is 29.8 Å². The second-order valence-corrected chi connectivity index (χ2v) is 8.93. The Balaban J connectivity index is 1.48. The van der Waals surface area contributed by atoms with E-state index in [9.17, 15) is 13.2 Å². The maximum atomic E-state index is 12.6. The number of nitrogens with one attached hydrogen (secondary N) is 2. The van der Waals surface area contributed by atoms with Crippen molar-refractivity contribution in [2.24, 2.45) is 0 Å². The summed E-state index contributed by atoms with van der Waals surface area (Å²) in [7, 11) is -3.64. The summed E-state index contributed by atoms with van der Waals surface area (Å²) in [6.45, 7) is 0. The Labute approximate surface area is 183 Å². The van der Waals surface area contributed by atoms with Crippen molar-refractivity contribution in [1.82, 2.24) is 20.2 Å². The summed E-state index contributed by atoms with van der Waals surface area (Å²) in [6, 6.07) is 16.9. The molecule has 0 spiro atoms. The first-order chi connectivity index (χ1) is 14.9. The molecule has 0 atom stereocenters. The van der Waals surface area contributed by atoms with Gasteiger partial charge >= 0.3 is 0 Å². The Bertz CT molecular complexity index is 1310. The number of hydrogen-bond donors (Lipinski definition) is 2. The van der Waals surface area contributed by atoms with E-state index < -0.39 is 9.84 Å². The molecular weight excluding hydrogens is 438 g/mol. The van der Waals surface area contributed by atoms with Crippen molar-refractivity contribution in [2.75, 3.05) is 5.32 Å². The minimum Gasteiger partial charge on any atom is -0.322 e. The van der Waals surface area contributed by atoms with Gasteiger partial charge in [0.05, 0.1) is 16.5 Å². The fourth-order valence-electron chi connectivity index (χ4n) is 2.91. The van der Waals surface area contributed by atoms with Crippen LogP contribution < -0.4 is 5.32 Å². The van der Waals surface area contributed by atoms with Crippen molar-refractivity contribution in [3.05, 3.63) is 89.3 Å². The number of carbonyl (C=O) groups is 1. The zero-order valence-electron chi connectivity index (χ0n) is 16.0. The quantitative estimate of drug-likeness (QED) is 0.459. The molecule has 2 aromatic carbocycles. The third kappa shape index (κ3) is 4.79. The maximum Gasteiger partial charge on any atom is 0.255 e. The summed E-state index contributed by atoms with van der Waals surface area (Å²) >= 11 is 6.28. The van der Waals surface area contributed by atoms with Crippen LogP contribution >= 0.6 is 11.6 Å². The van der Waals surface area contributed by atoms with Crippen molar-refractivity contribution in [3.63, 3.8) is 0 Å². The van der Waals surface area contributed by atoms with Gasteiger partial charge in [-0.3, -0.25) is 9.78 Å². The van der Waals surface area contributed by atoms with Gasteiger partial charge in [0.15, 0.2) is 0 Å². The summed E-state index contributed by atoms with van der Waals surface area (Å²) in [5, 5.41) is 10.2. The number of aromatic amines is 1. The van der Waals surface area contributed by atoms with E-state index in [0.717, 1.165) is 0 Å². The highest BCUT2D eigenvalue weighted by Gasteiger charge is 2.19. The van der Waals surface area contributed by atoms with Crippen molar-refractivity contribution < 1.29 is 13.2 Å². The second-order valence-electron chi connectivity index (χ2n) is 6.61. The highest BCUT2D eigenvalue weighted by atomic mass is 35.5. The van der Waals surface area contributed by atoms with E-state index >= 15 is 0 Å². The first-order valence-corrected chi connectivity index (χ1v) is 11.2. The number of anilines is 1. The average Bonchev–Trinajstić information content (AvgIpc) is 3.32. The molecule has 10 heteroatoms. The molecule has 0 aliphatic heterocycles. The van der Waals surface area contributed by atoms with Crippen LogP contribution in [0.15, 0.2) is 78.3 Å². The number of halogens is 1. The number of sulfone groups is 1. The molecule has 4 rings (SSSR count). The van der Waals surface area contributed by atoms with Gasteiger partial charge in [-0.25, -0.2) is 8.42 Å². The lowest BCUT2D eigenvalue weighted by Gasteiger charge is -2.10. The van der Waals surface area contributed by atoms with Gasteiger partial charge in [0.1, 0.15) is 6.33 Å². The zero-order chi connectivity index (χ0) is 21.8. The molecule has 0 unspecified atom stereocenters. The predicted octanol–water partition coefficient (Wildman–Crippen LogP) is 3.75. The molecule has 156 valence electrons. The van der Waals surface area contributed by atoms with Crippen LogP contribution in [0.5, 0.6) is 0 Å². The second kappa shape index (κ2) is 8.66. The first kappa shape index (κ1) is 20.7. The van der Waals surface area contributed by atoms with E-state index in [1.807, 2.05) is 18.2 Å². The Morgan fingerprint density at radius 3 is 2.55 bits per heavy atom. The van der Waals surface area contributed by atoms with Crippen molar-refractivity contribution >= 4 is 33.0 Å². The molecule has 0 radical (unpaired) electrons. The van der Waals surface area contributed by atoms with Crippen molar-refractivity contribution in [2.45, 2.75) is 10.9 Å². The van der Waals surface area contributed by atoms with Crippen molar-refractivity contribution in [1.29, 1.82) is 0 Å². The normalized spacial score (nSPS) is 11.3. The minimum atomic E-state index is -3.64. The summed E-state index contributed by atoms with van der Waals surface area (Å²) in [5.41, 5.74) is 2.87. The standard InChI is InChI=1S/C21H16ClN5O3S/c22-18-9-8-16(11-17(18)19-3-1-2-10-23-19)26-20(28)15-6-4-14(5-7-15)12-31(29,30)21-24-13-25-27-21/h1-11,13H,12H2,(H,26,28)(H,24,25,27). The third-order valence-electron chi connectivity index (χ3n) is 4.43. The molecule has 31 heavy (non-hydrogen) atoms. The predicted molar refractivity (Wildman–Crippen MR) is 116 cm³/mol. The lowest BCUT2D eigenvalue weighted by molar-refractivity contribution is 0.102. The SMILES string of the molecule is O=C(Nc1ccc(Cl)c(-c2ccccn2)c1)c1ccc(CS(=O)(=O)c2nnc[nH]2)cc1. The fraction of sp³-hybridized carbons (Fsp3) is 0.0476. The number of aromatic nitrogens is 4. The molecule has 0 bridgehead atoms. The van der Waals surface area contributed by atoms with Gasteiger partial charge in [-0.15, -0.1) is 10.2 Å². The molecule has 8 nitrogen and oxygen atoms in total. The van der Waals surface area contributed by atoms with E-state index in [0.29, 0.717) is 33.1 Å². The van der Waals surface area contributed by atoms with E-state index in [1.165, 1.54) is 6.33 Å². The van der Waals surface area contributed by atoms with Gasteiger partial charge in [0.25, 0.3) is 5.91 Å². The van der Waals surface area contributed by atoms with E-state index in [1.54, 1.807) is 48.7 Å². The molecular formula is C21H16ClN5O3S. The highest BCUT2D eigenvalue weighted by molar-refractivity contribution is 7.90. The van der Waals surface area contributed by atoms with Crippen LogP contribution in [0.25, 0.3) is 11.3 Å². The van der Waals surface area contributed by atoms with Crippen LogP contribution in [0.2, 0.25) is 5.02 Å². The minimum absolute atomic E-state index is 0.194. The maximum absolute atomic E-state index is 12.6. The lowest BCUT2D eigenvalue weighted by atomic mass is 10.1. The molecule has 2 heterocycles. The number of hydrogen-bond acceptors (Lipinski definition) is 6. The molecule has 2 aromatic heterocycles. The van der Waals surface area contributed by atoms with Gasteiger partial charge in [0.2, 0.25) is 15.0 Å². The van der Waals surface area contributed by atoms with Crippen LogP contribution in [0.4, 0.5) is 5.69 Å². The van der Waals surface area contributed by atoms with Crippen LogP contribution in [-0.2, 0) is 15.6 Å². The van der Waals surface area contributed by atoms with Crippen LogP contribution in [0.3, 0.4) is 0 Å². The lowest BCUT2D eigenvalue weighted by Crippen LogP contribution is -2.12. The largest absolute Gasteiger partial charge is 0.322 e. The highest BCUT2D eigenvalue weighted by Crippen LogP contribution is 2.29. The number of benzene rings is 2. The molecule has 0 fully saturated rings. The van der Waals surface area contributed by atoms with Gasteiger partial charge in [-0.2, -0.15) is 0 Å². The van der Waals surface area contributed by atoms with Gasteiger partial charge in [-0.05, 0) is 48.0 Å². The summed E-state index contributed by atoms with van der Waals surface area (Å²) in [4.78, 5) is 19.4. The van der Waals surface area contributed by atoms with E-state index in [4.69, 9.17) is 11.6 Å². The summed E-state index contributed by atoms with van der Waals surface area (Å²) in [5.74, 6) is -0.590. The first-order valence-electron chi connectivity index (χ1n) is 9.12.